The van der Waals surface area contributed by atoms with Gasteiger partial charge in [0, 0.05) is 41.2 Å². The van der Waals surface area contributed by atoms with Crippen LogP contribution in [0.15, 0.2) is 6.07 Å². The summed E-state index contributed by atoms with van der Waals surface area (Å²) in [6.45, 7) is 3.05. The maximum absolute atomic E-state index is 12.1. The number of hydrogen-bond acceptors (Lipinski definition) is 4. The first-order chi connectivity index (χ1) is 12.2. The molecule has 0 amide bonds. The Hall–Kier alpha value is -1.18. The van der Waals surface area contributed by atoms with Crippen LogP contribution in [0.1, 0.15) is 22.8 Å². The summed E-state index contributed by atoms with van der Waals surface area (Å²) in [5.41, 5.74) is -1.05. The van der Waals surface area contributed by atoms with E-state index in [0.29, 0.717) is 11.4 Å². The molecule has 16 heteroatoms. The maximum atomic E-state index is 12.1. The molecule has 0 saturated heterocycles. The summed E-state index contributed by atoms with van der Waals surface area (Å²) in [5, 5.41) is 6.19. The van der Waals surface area contributed by atoms with Crippen LogP contribution in [0.5, 0.6) is 0 Å². The van der Waals surface area contributed by atoms with E-state index in [4.69, 9.17) is 20.0 Å². The third-order valence-electron chi connectivity index (χ3n) is 2.93. The van der Waals surface area contributed by atoms with Crippen LogP contribution in [0.4, 0.5) is 26.3 Å². The van der Waals surface area contributed by atoms with Gasteiger partial charge in [-0.25, -0.2) is 0 Å². The average Bonchev–Trinajstić information content (AvgIpc) is 2.92. The van der Waals surface area contributed by atoms with Gasteiger partial charge in [-0.15, -0.1) is 0 Å². The van der Waals surface area contributed by atoms with Crippen LogP contribution in [-0.2, 0) is 34.7 Å². The van der Waals surface area contributed by atoms with E-state index in [-0.39, 0.29) is 5.02 Å². The van der Waals surface area contributed by atoms with Gasteiger partial charge in [-0.05, 0) is 19.9 Å². The molecule has 162 valence electrons. The summed E-state index contributed by atoms with van der Waals surface area (Å²) in [5.74, 6) is 0. The number of nitrogens with zero attached hydrogens (tertiary/aromatic N) is 4. The van der Waals surface area contributed by atoms with Gasteiger partial charge in [-0.1, -0.05) is 11.6 Å². The summed E-state index contributed by atoms with van der Waals surface area (Å²) in [6, 6.07) is 1.01. The lowest BCUT2D eigenvalue weighted by atomic mass is 10.3. The lowest BCUT2D eigenvalue weighted by Gasteiger charge is -2.00. The molecular formula is C12H13Cl3F6N4O2S. The molecule has 0 radical (unpaired) electrons. The molecule has 6 nitrogen and oxygen atoms in total. The van der Waals surface area contributed by atoms with Crippen molar-refractivity contribution in [2.45, 2.75) is 26.2 Å². The second kappa shape index (κ2) is 9.55. The molecule has 0 aliphatic rings. The molecule has 2 aromatic heterocycles. The molecule has 0 saturated carbocycles. The highest BCUT2D eigenvalue weighted by Gasteiger charge is 2.37. The van der Waals surface area contributed by atoms with Crippen molar-refractivity contribution >= 4 is 41.2 Å². The highest BCUT2D eigenvalue weighted by molar-refractivity contribution is 8.31. The van der Waals surface area contributed by atoms with E-state index in [2.05, 4.69) is 31.6 Å². The van der Waals surface area contributed by atoms with Gasteiger partial charge >= 0.3 is 20.6 Å². The van der Waals surface area contributed by atoms with Crippen LogP contribution in [-0.4, -0.2) is 28.0 Å². The van der Waals surface area contributed by atoms with E-state index in [0.717, 1.165) is 10.7 Å². The minimum Gasteiger partial charge on any atom is -0.272 e. The summed E-state index contributed by atoms with van der Waals surface area (Å²) in [7, 11) is 7.70. The summed E-state index contributed by atoms with van der Waals surface area (Å²) >= 11 is 5.40. The van der Waals surface area contributed by atoms with Gasteiger partial charge in [-0.3, -0.25) is 9.36 Å². The van der Waals surface area contributed by atoms with Crippen LogP contribution in [0.3, 0.4) is 0 Å². The van der Waals surface area contributed by atoms with E-state index in [9.17, 15) is 26.3 Å². The van der Waals surface area contributed by atoms with E-state index in [1.807, 2.05) is 0 Å². The van der Waals surface area contributed by atoms with Gasteiger partial charge in [0.1, 0.15) is 0 Å². The summed E-state index contributed by atoms with van der Waals surface area (Å²) < 4.78 is 92.6. The van der Waals surface area contributed by atoms with E-state index in [1.54, 1.807) is 6.92 Å². The Bertz CT molecular complexity index is 878. The largest absolute Gasteiger partial charge is 0.436 e. The average molecular weight is 498 g/mol. The van der Waals surface area contributed by atoms with Crippen LogP contribution in [0.2, 0.25) is 5.02 Å². The first-order valence-corrected chi connectivity index (χ1v) is 10.2. The van der Waals surface area contributed by atoms with Crippen molar-refractivity contribution < 1.29 is 34.8 Å². The molecule has 0 aliphatic carbocycles. The summed E-state index contributed by atoms with van der Waals surface area (Å²) in [6.07, 6.45) is -8.80. The van der Waals surface area contributed by atoms with Crippen molar-refractivity contribution in [1.82, 2.24) is 19.6 Å². The van der Waals surface area contributed by atoms with E-state index < -0.39 is 32.0 Å². The van der Waals surface area contributed by atoms with Crippen molar-refractivity contribution in [2.75, 3.05) is 0 Å². The van der Waals surface area contributed by atoms with Crippen LogP contribution < -0.4 is 0 Å². The monoisotopic (exact) mass is 496 g/mol. The molecule has 0 N–H and O–H groups in total. The van der Waals surface area contributed by atoms with Gasteiger partial charge in [-0.2, -0.15) is 45.0 Å². The molecule has 0 aromatic carbocycles. The fourth-order valence-electron chi connectivity index (χ4n) is 1.46. The molecule has 0 spiro atoms. The summed E-state index contributed by atoms with van der Waals surface area (Å²) in [4.78, 5) is 0. The zero-order chi connectivity index (χ0) is 22.7. The van der Waals surface area contributed by atoms with Crippen molar-refractivity contribution in [3.8, 4) is 0 Å². The fraction of sp³-hybridized carbons (Fsp3) is 0.500. The number of halogens is 9. The minimum absolute atomic E-state index is 0.309. The number of hydrogen-bond donors (Lipinski definition) is 0. The lowest BCUT2D eigenvalue weighted by Crippen LogP contribution is -2.07. The SMILES string of the molecule is Cc1c(Cl)c(C(F)(F)F)nn1C.Cc1cc(C(F)(F)F)nn1C.O=S(=O)(Cl)Cl. The van der Waals surface area contributed by atoms with Crippen molar-refractivity contribution in [3.05, 3.63) is 33.9 Å². The third-order valence-corrected chi connectivity index (χ3v) is 3.39. The van der Waals surface area contributed by atoms with Gasteiger partial charge in [0.25, 0.3) is 0 Å². The molecular weight excluding hydrogens is 485 g/mol. The third kappa shape index (κ3) is 9.34. The Balaban J connectivity index is 0.000000424. The molecule has 2 heterocycles. The predicted octanol–water partition coefficient (Wildman–Crippen LogP) is 4.86. The molecule has 0 unspecified atom stereocenters. The van der Waals surface area contributed by atoms with Crippen LogP contribution in [0.25, 0.3) is 0 Å². The topological polar surface area (TPSA) is 69.8 Å². The zero-order valence-corrected chi connectivity index (χ0v) is 17.6. The number of aryl methyl sites for hydroxylation is 3. The van der Waals surface area contributed by atoms with E-state index in [1.165, 1.54) is 25.7 Å². The number of alkyl halides is 6. The predicted molar refractivity (Wildman–Crippen MR) is 91.5 cm³/mol. The minimum atomic E-state index is -4.47. The number of aromatic nitrogens is 4. The zero-order valence-electron chi connectivity index (χ0n) is 14.5. The Morgan fingerprint density at radius 1 is 0.929 bits per heavy atom. The first-order valence-electron chi connectivity index (χ1n) is 6.73. The Labute approximate surface area is 169 Å². The Morgan fingerprint density at radius 3 is 1.50 bits per heavy atom. The van der Waals surface area contributed by atoms with Gasteiger partial charge in [0.05, 0.1) is 10.7 Å². The van der Waals surface area contributed by atoms with Crippen molar-refractivity contribution in [1.29, 1.82) is 0 Å². The van der Waals surface area contributed by atoms with Crippen molar-refractivity contribution in [2.24, 2.45) is 14.1 Å². The van der Waals surface area contributed by atoms with Crippen molar-refractivity contribution in [3.63, 3.8) is 0 Å². The highest BCUT2D eigenvalue weighted by atomic mass is 36.0. The second-order valence-corrected chi connectivity index (χ2v) is 9.09. The normalized spacial score (nSPS) is 12.0. The molecule has 2 rings (SSSR count). The molecule has 2 aromatic rings. The number of rotatable bonds is 0. The fourth-order valence-corrected chi connectivity index (χ4v) is 1.73. The van der Waals surface area contributed by atoms with E-state index >= 15 is 0 Å². The highest BCUT2D eigenvalue weighted by Crippen LogP contribution is 2.34. The van der Waals surface area contributed by atoms with Gasteiger partial charge in [0.2, 0.25) is 0 Å². The molecule has 0 aliphatic heterocycles. The van der Waals surface area contributed by atoms with Gasteiger partial charge < -0.3 is 0 Å². The molecule has 0 fully saturated rings. The maximum Gasteiger partial charge on any atom is 0.436 e. The standard InChI is InChI=1S/C6H6ClF3N2.C6H7F3N2.Cl2O2S/c1-3-4(7)5(6(8,9)10)11-12(3)2;1-4-3-5(6(7,8)9)10-11(4)2;1-5(2,3)4/h1-2H3;3H,1-2H3;. The molecule has 0 atom stereocenters. The molecule has 0 bridgehead atoms. The Kier molecular flexibility index (Phi) is 9.14. The second-order valence-electron chi connectivity index (χ2n) is 5.04. The van der Waals surface area contributed by atoms with Gasteiger partial charge in [0.15, 0.2) is 11.4 Å². The lowest BCUT2D eigenvalue weighted by molar-refractivity contribution is -0.142. The van der Waals surface area contributed by atoms with Crippen LogP contribution >= 0.6 is 33.0 Å². The first kappa shape index (κ1) is 26.8. The molecule has 28 heavy (non-hydrogen) atoms. The smallest absolute Gasteiger partial charge is 0.272 e. The quantitative estimate of drug-likeness (QED) is 0.385. The van der Waals surface area contributed by atoms with Crippen LogP contribution in [0, 0.1) is 13.8 Å². The Morgan fingerprint density at radius 2 is 1.36 bits per heavy atom.